The van der Waals surface area contributed by atoms with E-state index >= 15 is 0 Å². The minimum atomic E-state index is -0.250. The van der Waals surface area contributed by atoms with Crippen molar-refractivity contribution in [3.8, 4) is 5.75 Å². The number of hydrogen-bond acceptors (Lipinski definition) is 3. The maximum Gasteiger partial charge on any atom is 0.244 e. The second-order valence-electron chi connectivity index (χ2n) is 5.22. The molecule has 0 bridgehead atoms. The van der Waals surface area contributed by atoms with Gasteiger partial charge < -0.3 is 15.0 Å². The lowest BCUT2D eigenvalue weighted by Crippen LogP contribution is -2.36. The Morgan fingerprint density at radius 1 is 1.04 bits per heavy atom. The molecule has 0 fully saturated rings. The van der Waals surface area contributed by atoms with Crippen molar-refractivity contribution in [2.75, 3.05) is 23.9 Å². The highest BCUT2D eigenvalue weighted by Gasteiger charge is 2.16. The van der Waals surface area contributed by atoms with Crippen LogP contribution in [0.4, 0.5) is 11.4 Å². The molecular weight excluding hydrogens is 292 g/mol. The van der Waals surface area contributed by atoms with Gasteiger partial charge in [0.2, 0.25) is 11.8 Å². The van der Waals surface area contributed by atoms with Crippen LogP contribution in [0.3, 0.4) is 0 Å². The van der Waals surface area contributed by atoms with E-state index in [0.29, 0.717) is 17.1 Å². The van der Waals surface area contributed by atoms with Gasteiger partial charge in [-0.1, -0.05) is 17.7 Å². The van der Waals surface area contributed by atoms with E-state index in [1.54, 1.807) is 31.4 Å². The summed E-state index contributed by atoms with van der Waals surface area (Å²) < 4.78 is 5.10. The van der Waals surface area contributed by atoms with E-state index in [9.17, 15) is 9.59 Å². The molecule has 0 heterocycles. The standard InChI is InChI=1S/C18H20N2O3/c1-13-4-6-15(7-5-13)19-18(22)12-20(14(2)21)16-8-10-17(23-3)11-9-16/h4-11H,12H2,1-3H3,(H,19,22). The fourth-order valence-electron chi connectivity index (χ4n) is 2.13. The van der Waals surface area contributed by atoms with Gasteiger partial charge in [-0.25, -0.2) is 0 Å². The average Bonchev–Trinajstić information content (AvgIpc) is 2.55. The number of nitrogens with zero attached hydrogens (tertiary/aromatic N) is 1. The quantitative estimate of drug-likeness (QED) is 0.923. The Labute approximate surface area is 135 Å². The van der Waals surface area contributed by atoms with E-state index in [1.807, 2.05) is 31.2 Å². The highest BCUT2D eigenvalue weighted by atomic mass is 16.5. The summed E-state index contributed by atoms with van der Waals surface area (Å²) in [7, 11) is 1.58. The van der Waals surface area contributed by atoms with Gasteiger partial charge in [0.25, 0.3) is 0 Å². The Bertz CT molecular complexity index is 678. The Morgan fingerprint density at radius 2 is 1.65 bits per heavy atom. The van der Waals surface area contributed by atoms with Gasteiger partial charge in [-0.05, 0) is 43.3 Å². The van der Waals surface area contributed by atoms with E-state index in [1.165, 1.54) is 11.8 Å². The van der Waals surface area contributed by atoms with E-state index in [4.69, 9.17) is 4.74 Å². The summed E-state index contributed by atoms with van der Waals surface area (Å²) in [6, 6.07) is 14.5. The summed E-state index contributed by atoms with van der Waals surface area (Å²) >= 11 is 0. The highest BCUT2D eigenvalue weighted by molar-refractivity contribution is 6.01. The van der Waals surface area contributed by atoms with Crippen LogP contribution in [-0.2, 0) is 9.59 Å². The second kappa shape index (κ2) is 7.45. The molecule has 0 aliphatic carbocycles. The van der Waals surface area contributed by atoms with Gasteiger partial charge >= 0.3 is 0 Å². The number of nitrogens with one attached hydrogen (secondary N) is 1. The first-order chi connectivity index (χ1) is 11.0. The van der Waals surface area contributed by atoms with Crippen molar-refractivity contribution >= 4 is 23.2 Å². The van der Waals surface area contributed by atoms with Crippen LogP contribution < -0.4 is 15.0 Å². The smallest absolute Gasteiger partial charge is 0.244 e. The molecule has 0 spiro atoms. The molecule has 5 nitrogen and oxygen atoms in total. The fourth-order valence-corrected chi connectivity index (χ4v) is 2.13. The van der Waals surface area contributed by atoms with Crippen molar-refractivity contribution in [2.45, 2.75) is 13.8 Å². The van der Waals surface area contributed by atoms with E-state index < -0.39 is 0 Å². The van der Waals surface area contributed by atoms with Crippen LogP contribution >= 0.6 is 0 Å². The van der Waals surface area contributed by atoms with Gasteiger partial charge in [0.05, 0.1) is 7.11 Å². The van der Waals surface area contributed by atoms with Crippen molar-refractivity contribution in [3.05, 3.63) is 54.1 Å². The first-order valence-corrected chi connectivity index (χ1v) is 7.28. The molecule has 0 aliphatic rings. The molecule has 2 amide bonds. The summed E-state index contributed by atoms with van der Waals surface area (Å²) in [5, 5.41) is 2.79. The molecule has 0 saturated carbocycles. The number of benzene rings is 2. The lowest BCUT2D eigenvalue weighted by Gasteiger charge is -2.21. The predicted molar refractivity (Wildman–Crippen MR) is 90.8 cm³/mol. The number of carbonyl (C=O) groups is 2. The first-order valence-electron chi connectivity index (χ1n) is 7.28. The zero-order chi connectivity index (χ0) is 16.8. The zero-order valence-electron chi connectivity index (χ0n) is 13.5. The van der Waals surface area contributed by atoms with Gasteiger partial charge in [-0.3, -0.25) is 9.59 Å². The number of carbonyl (C=O) groups excluding carboxylic acids is 2. The molecule has 0 radical (unpaired) electrons. The predicted octanol–water partition coefficient (Wildman–Crippen LogP) is 3.00. The Balaban J connectivity index is 2.07. The second-order valence-corrected chi connectivity index (χ2v) is 5.22. The van der Waals surface area contributed by atoms with E-state index in [-0.39, 0.29) is 18.4 Å². The van der Waals surface area contributed by atoms with Crippen LogP contribution in [0.5, 0.6) is 5.75 Å². The third-order valence-electron chi connectivity index (χ3n) is 3.40. The van der Waals surface area contributed by atoms with Crippen LogP contribution in [0.15, 0.2) is 48.5 Å². The summed E-state index contributed by atoms with van der Waals surface area (Å²) in [6.45, 7) is 3.37. The number of hydrogen-bond donors (Lipinski definition) is 1. The van der Waals surface area contributed by atoms with Crippen molar-refractivity contribution in [1.82, 2.24) is 0 Å². The topological polar surface area (TPSA) is 58.6 Å². The molecule has 5 heteroatoms. The van der Waals surface area contributed by atoms with Gasteiger partial charge in [0.15, 0.2) is 0 Å². The number of ether oxygens (including phenoxy) is 1. The number of anilines is 2. The maximum absolute atomic E-state index is 12.2. The van der Waals surface area contributed by atoms with E-state index in [0.717, 1.165) is 5.56 Å². The lowest BCUT2D eigenvalue weighted by atomic mass is 10.2. The largest absolute Gasteiger partial charge is 0.497 e. The Hall–Kier alpha value is -2.82. The molecule has 2 aromatic carbocycles. The minimum absolute atomic E-state index is 0.0461. The molecule has 0 atom stereocenters. The van der Waals surface area contributed by atoms with Crippen LogP contribution in [0.2, 0.25) is 0 Å². The molecule has 2 rings (SSSR count). The molecule has 120 valence electrons. The van der Waals surface area contributed by atoms with Crippen molar-refractivity contribution < 1.29 is 14.3 Å². The van der Waals surface area contributed by atoms with E-state index in [2.05, 4.69) is 5.32 Å². The van der Waals surface area contributed by atoms with Crippen molar-refractivity contribution in [1.29, 1.82) is 0 Å². The fraction of sp³-hybridized carbons (Fsp3) is 0.222. The van der Waals surface area contributed by atoms with Gasteiger partial charge in [0, 0.05) is 18.3 Å². The molecule has 0 aromatic heterocycles. The summed E-state index contributed by atoms with van der Waals surface area (Å²) in [6.07, 6.45) is 0. The molecule has 0 unspecified atom stereocenters. The van der Waals surface area contributed by atoms with Crippen LogP contribution in [0.25, 0.3) is 0 Å². The molecular formula is C18H20N2O3. The Morgan fingerprint density at radius 3 is 2.17 bits per heavy atom. The van der Waals surface area contributed by atoms with Gasteiger partial charge in [0.1, 0.15) is 12.3 Å². The third kappa shape index (κ3) is 4.57. The molecule has 23 heavy (non-hydrogen) atoms. The van der Waals surface area contributed by atoms with Crippen LogP contribution in [0, 0.1) is 6.92 Å². The molecule has 0 aliphatic heterocycles. The van der Waals surface area contributed by atoms with Gasteiger partial charge in [-0.15, -0.1) is 0 Å². The van der Waals surface area contributed by atoms with Crippen molar-refractivity contribution in [3.63, 3.8) is 0 Å². The number of amides is 2. The average molecular weight is 312 g/mol. The van der Waals surface area contributed by atoms with Crippen LogP contribution in [0.1, 0.15) is 12.5 Å². The van der Waals surface area contributed by atoms with Crippen LogP contribution in [-0.4, -0.2) is 25.5 Å². The Kier molecular flexibility index (Phi) is 5.36. The van der Waals surface area contributed by atoms with Crippen molar-refractivity contribution in [2.24, 2.45) is 0 Å². The SMILES string of the molecule is COc1ccc(N(CC(=O)Nc2ccc(C)cc2)C(C)=O)cc1. The lowest BCUT2D eigenvalue weighted by molar-refractivity contribution is -0.120. The molecule has 1 N–H and O–H groups in total. The number of rotatable bonds is 5. The monoisotopic (exact) mass is 312 g/mol. The third-order valence-corrected chi connectivity index (χ3v) is 3.40. The highest BCUT2D eigenvalue weighted by Crippen LogP contribution is 2.19. The summed E-state index contributed by atoms with van der Waals surface area (Å²) in [4.78, 5) is 25.4. The van der Waals surface area contributed by atoms with Gasteiger partial charge in [-0.2, -0.15) is 0 Å². The number of methoxy groups -OCH3 is 1. The zero-order valence-corrected chi connectivity index (χ0v) is 13.5. The number of aryl methyl sites for hydroxylation is 1. The summed E-state index contributed by atoms with van der Waals surface area (Å²) in [5.41, 5.74) is 2.47. The normalized spacial score (nSPS) is 10.0. The maximum atomic E-state index is 12.2. The minimum Gasteiger partial charge on any atom is -0.497 e. The summed E-state index contributed by atoms with van der Waals surface area (Å²) in [5.74, 6) is 0.246. The molecule has 0 saturated heterocycles. The molecule has 2 aromatic rings. The first kappa shape index (κ1) is 16.5.